The number of nitrogens with zero attached hydrogens (tertiary/aromatic N) is 4. The molecular formula is C10H12N4. The van der Waals surface area contributed by atoms with Crippen LogP contribution in [0.2, 0.25) is 0 Å². The zero-order chi connectivity index (χ0) is 9.97. The van der Waals surface area contributed by atoms with E-state index in [4.69, 9.17) is 0 Å². The zero-order valence-corrected chi connectivity index (χ0v) is 8.25. The molecule has 0 aliphatic carbocycles. The van der Waals surface area contributed by atoms with Crippen LogP contribution in [0.25, 0.3) is 0 Å². The molecule has 2 heterocycles. The maximum Gasteiger partial charge on any atom is 0.155 e. The molecule has 0 aliphatic heterocycles. The third-order valence-corrected chi connectivity index (χ3v) is 2.04. The van der Waals surface area contributed by atoms with Crippen molar-refractivity contribution >= 4 is 11.6 Å². The minimum Gasteiger partial charge on any atom is -0.313 e. The maximum absolute atomic E-state index is 4.29. The first-order chi connectivity index (χ1) is 6.77. The highest BCUT2D eigenvalue weighted by Gasteiger charge is 2.06. The third kappa shape index (κ3) is 1.59. The molecular weight excluding hydrogens is 176 g/mol. The van der Waals surface area contributed by atoms with Crippen molar-refractivity contribution < 1.29 is 0 Å². The molecule has 14 heavy (non-hydrogen) atoms. The maximum atomic E-state index is 4.29. The van der Waals surface area contributed by atoms with Gasteiger partial charge in [-0.3, -0.25) is 4.68 Å². The van der Waals surface area contributed by atoms with E-state index >= 15 is 0 Å². The Hall–Kier alpha value is -1.84. The second-order valence-corrected chi connectivity index (χ2v) is 3.09. The van der Waals surface area contributed by atoms with Crippen molar-refractivity contribution in [2.24, 2.45) is 7.05 Å². The topological polar surface area (TPSA) is 34.0 Å². The van der Waals surface area contributed by atoms with E-state index in [-0.39, 0.29) is 0 Å². The van der Waals surface area contributed by atoms with Crippen LogP contribution >= 0.6 is 0 Å². The standard InChI is InChI=1S/C10H12N4/c1-13-8-6-10(12-13)14(2)9-5-3-4-7-11-9/h3-8H,1-2H3. The van der Waals surface area contributed by atoms with Crippen LogP contribution in [0, 0.1) is 0 Å². The Balaban J connectivity index is 2.29. The van der Waals surface area contributed by atoms with E-state index in [0.717, 1.165) is 11.6 Å². The fourth-order valence-corrected chi connectivity index (χ4v) is 1.25. The highest BCUT2D eigenvalue weighted by molar-refractivity contribution is 5.53. The Bertz CT molecular complexity index is 407. The van der Waals surface area contributed by atoms with E-state index in [1.54, 1.807) is 10.9 Å². The average Bonchev–Trinajstić information content (AvgIpc) is 2.65. The van der Waals surface area contributed by atoms with Gasteiger partial charge in [-0.15, -0.1) is 0 Å². The molecule has 0 saturated carbocycles. The summed E-state index contributed by atoms with van der Waals surface area (Å²) in [7, 11) is 3.85. The van der Waals surface area contributed by atoms with Crippen molar-refractivity contribution in [1.29, 1.82) is 0 Å². The van der Waals surface area contributed by atoms with Crippen LogP contribution in [0.4, 0.5) is 11.6 Å². The van der Waals surface area contributed by atoms with Gasteiger partial charge in [-0.05, 0) is 12.1 Å². The van der Waals surface area contributed by atoms with Crippen LogP contribution < -0.4 is 4.90 Å². The minimum atomic E-state index is 0.895. The molecule has 0 radical (unpaired) electrons. The average molecular weight is 188 g/mol. The fraction of sp³-hybridized carbons (Fsp3) is 0.200. The van der Waals surface area contributed by atoms with E-state index < -0.39 is 0 Å². The Morgan fingerprint density at radius 1 is 1.21 bits per heavy atom. The quantitative estimate of drug-likeness (QED) is 0.717. The molecule has 2 aromatic heterocycles. The van der Waals surface area contributed by atoms with Gasteiger partial charge in [-0.25, -0.2) is 4.98 Å². The molecule has 72 valence electrons. The highest BCUT2D eigenvalue weighted by Crippen LogP contribution is 2.17. The molecule has 0 aromatic carbocycles. The molecule has 0 fully saturated rings. The first-order valence-corrected chi connectivity index (χ1v) is 4.42. The normalized spacial score (nSPS) is 10.1. The predicted octanol–water partition coefficient (Wildman–Crippen LogP) is 1.58. The Kier molecular flexibility index (Phi) is 2.18. The van der Waals surface area contributed by atoms with Gasteiger partial charge in [0, 0.05) is 32.6 Å². The molecule has 0 bridgehead atoms. The lowest BCUT2D eigenvalue weighted by Crippen LogP contribution is -2.11. The van der Waals surface area contributed by atoms with E-state index in [9.17, 15) is 0 Å². The van der Waals surface area contributed by atoms with Crippen LogP contribution in [0.15, 0.2) is 36.7 Å². The smallest absolute Gasteiger partial charge is 0.155 e. The summed E-state index contributed by atoms with van der Waals surface area (Å²) in [4.78, 5) is 6.19. The SMILES string of the molecule is CN(c1ccccn1)c1ccn(C)n1. The van der Waals surface area contributed by atoms with Crippen molar-refractivity contribution in [1.82, 2.24) is 14.8 Å². The second kappa shape index (κ2) is 3.49. The number of pyridine rings is 1. The van der Waals surface area contributed by atoms with Gasteiger partial charge in [-0.2, -0.15) is 5.10 Å². The van der Waals surface area contributed by atoms with Gasteiger partial charge in [0.2, 0.25) is 0 Å². The monoisotopic (exact) mass is 188 g/mol. The van der Waals surface area contributed by atoms with Crippen molar-refractivity contribution in [3.63, 3.8) is 0 Å². The summed E-state index contributed by atoms with van der Waals surface area (Å²) in [6.45, 7) is 0. The molecule has 0 atom stereocenters. The van der Waals surface area contributed by atoms with Gasteiger partial charge < -0.3 is 4.90 Å². The van der Waals surface area contributed by atoms with Gasteiger partial charge in [0.15, 0.2) is 5.82 Å². The first kappa shape index (κ1) is 8.74. The van der Waals surface area contributed by atoms with Gasteiger partial charge in [0.25, 0.3) is 0 Å². The minimum absolute atomic E-state index is 0.895. The second-order valence-electron chi connectivity index (χ2n) is 3.09. The Labute approximate surface area is 82.8 Å². The van der Waals surface area contributed by atoms with Gasteiger partial charge in [0.1, 0.15) is 5.82 Å². The summed E-state index contributed by atoms with van der Waals surface area (Å²) < 4.78 is 1.77. The van der Waals surface area contributed by atoms with Crippen LogP contribution in [0.5, 0.6) is 0 Å². The summed E-state index contributed by atoms with van der Waals surface area (Å²) in [6, 6.07) is 7.76. The molecule has 0 N–H and O–H groups in total. The number of hydrogen-bond acceptors (Lipinski definition) is 3. The molecule has 2 aromatic rings. The summed E-state index contributed by atoms with van der Waals surface area (Å²) in [5.41, 5.74) is 0. The van der Waals surface area contributed by atoms with Crippen LogP contribution in [-0.2, 0) is 7.05 Å². The van der Waals surface area contributed by atoms with Crippen molar-refractivity contribution in [3.05, 3.63) is 36.7 Å². The van der Waals surface area contributed by atoms with Crippen molar-refractivity contribution in [3.8, 4) is 0 Å². The Morgan fingerprint density at radius 3 is 2.64 bits per heavy atom. The molecule has 0 unspecified atom stereocenters. The predicted molar refractivity (Wildman–Crippen MR) is 55.5 cm³/mol. The molecule has 4 heteroatoms. The zero-order valence-electron chi connectivity index (χ0n) is 8.25. The summed E-state index contributed by atoms with van der Waals surface area (Å²) >= 11 is 0. The van der Waals surface area contributed by atoms with Gasteiger partial charge in [-0.1, -0.05) is 6.07 Å². The number of aryl methyl sites for hydroxylation is 1. The number of anilines is 2. The van der Waals surface area contributed by atoms with Crippen LogP contribution in [0.3, 0.4) is 0 Å². The van der Waals surface area contributed by atoms with E-state index in [1.807, 2.05) is 49.5 Å². The van der Waals surface area contributed by atoms with Gasteiger partial charge >= 0.3 is 0 Å². The van der Waals surface area contributed by atoms with Crippen LogP contribution in [-0.4, -0.2) is 21.8 Å². The van der Waals surface area contributed by atoms with Gasteiger partial charge in [0.05, 0.1) is 0 Å². The van der Waals surface area contributed by atoms with Crippen molar-refractivity contribution in [2.75, 3.05) is 11.9 Å². The molecule has 0 amide bonds. The molecule has 4 nitrogen and oxygen atoms in total. The number of hydrogen-bond donors (Lipinski definition) is 0. The molecule has 0 saturated heterocycles. The lowest BCUT2D eigenvalue weighted by molar-refractivity contribution is 0.764. The molecule has 0 aliphatic rings. The summed E-state index contributed by atoms with van der Waals surface area (Å²) in [6.07, 6.45) is 3.68. The third-order valence-electron chi connectivity index (χ3n) is 2.04. The Morgan fingerprint density at radius 2 is 2.07 bits per heavy atom. The highest BCUT2D eigenvalue weighted by atomic mass is 15.3. The van der Waals surface area contributed by atoms with Crippen LogP contribution in [0.1, 0.15) is 0 Å². The fourth-order valence-electron chi connectivity index (χ4n) is 1.25. The van der Waals surface area contributed by atoms with E-state index in [0.29, 0.717) is 0 Å². The van der Waals surface area contributed by atoms with Crippen molar-refractivity contribution in [2.45, 2.75) is 0 Å². The largest absolute Gasteiger partial charge is 0.313 e. The van der Waals surface area contributed by atoms with E-state index in [2.05, 4.69) is 10.1 Å². The number of rotatable bonds is 2. The summed E-state index contributed by atoms with van der Waals surface area (Å²) in [5, 5.41) is 4.29. The lowest BCUT2D eigenvalue weighted by Gasteiger charge is -2.14. The molecule has 2 rings (SSSR count). The first-order valence-electron chi connectivity index (χ1n) is 4.42. The number of aromatic nitrogens is 3. The lowest BCUT2D eigenvalue weighted by atomic mass is 10.4. The van der Waals surface area contributed by atoms with E-state index in [1.165, 1.54) is 0 Å². The molecule has 0 spiro atoms. The summed E-state index contributed by atoms with van der Waals surface area (Å²) in [5.74, 6) is 1.79.